The van der Waals surface area contributed by atoms with Crippen LogP contribution in [-0.4, -0.2) is 33.9 Å². The van der Waals surface area contributed by atoms with Crippen LogP contribution in [0.15, 0.2) is 12.3 Å². The molecule has 6 nitrogen and oxygen atoms in total. The highest BCUT2D eigenvalue weighted by Gasteiger charge is 2.18. The lowest BCUT2D eigenvalue weighted by Gasteiger charge is -2.31. The molecule has 1 aliphatic rings. The first-order valence-corrected chi connectivity index (χ1v) is 6.24. The molecule has 0 aromatic carbocycles. The van der Waals surface area contributed by atoms with Gasteiger partial charge in [0.1, 0.15) is 5.82 Å². The normalized spacial score (nSPS) is 20.6. The summed E-state index contributed by atoms with van der Waals surface area (Å²) < 4.78 is 1.79. The number of rotatable bonds is 1. The van der Waals surface area contributed by atoms with Crippen LogP contribution >= 0.6 is 0 Å². The minimum absolute atomic E-state index is 0.243. The smallest absolute Gasteiger partial charge is 0.154 e. The first-order chi connectivity index (χ1) is 8.65. The number of fused-ring (bicyclic) bond motifs is 1. The Labute approximate surface area is 106 Å². The molecule has 96 valence electrons. The molecular weight excluding hydrogens is 228 g/mol. The Balaban J connectivity index is 2.00. The molecule has 0 bridgehead atoms. The van der Waals surface area contributed by atoms with Gasteiger partial charge < -0.3 is 16.4 Å². The molecule has 18 heavy (non-hydrogen) atoms. The molecule has 1 saturated heterocycles. The average molecular weight is 246 g/mol. The Morgan fingerprint density at radius 1 is 1.44 bits per heavy atom. The number of anilines is 2. The molecule has 0 radical (unpaired) electrons. The molecule has 3 rings (SSSR count). The first kappa shape index (κ1) is 11.3. The number of aryl methyl sites for hydroxylation is 1. The molecule has 0 amide bonds. The van der Waals surface area contributed by atoms with E-state index in [9.17, 15) is 0 Å². The summed E-state index contributed by atoms with van der Waals surface area (Å²) in [6.07, 6.45) is 4.01. The van der Waals surface area contributed by atoms with Crippen molar-refractivity contribution in [3.63, 3.8) is 0 Å². The van der Waals surface area contributed by atoms with Crippen molar-refractivity contribution in [3.8, 4) is 0 Å². The highest BCUT2D eigenvalue weighted by Crippen LogP contribution is 2.24. The highest BCUT2D eigenvalue weighted by molar-refractivity contribution is 5.89. The van der Waals surface area contributed by atoms with Gasteiger partial charge in [0.25, 0.3) is 0 Å². The van der Waals surface area contributed by atoms with Gasteiger partial charge in [-0.25, -0.2) is 4.98 Å². The molecule has 4 N–H and O–H groups in total. The summed E-state index contributed by atoms with van der Waals surface area (Å²) in [5, 5.41) is 5.11. The summed E-state index contributed by atoms with van der Waals surface area (Å²) in [6, 6.07) is 2.28. The van der Waals surface area contributed by atoms with Crippen LogP contribution in [0.3, 0.4) is 0 Å². The van der Waals surface area contributed by atoms with Crippen molar-refractivity contribution >= 4 is 22.5 Å². The summed E-state index contributed by atoms with van der Waals surface area (Å²) >= 11 is 0. The van der Waals surface area contributed by atoms with Gasteiger partial charge in [0.15, 0.2) is 5.82 Å². The molecule has 0 saturated carbocycles. The van der Waals surface area contributed by atoms with Crippen molar-refractivity contribution < 1.29 is 0 Å². The molecule has 1 aliphatic heterocycles. The molecule has 0 spiro atoms. The van der Waals surface area contributed by atoms with E-state index >= 15 is 0 Å². The summed E-state index contributed by atoms with van der Waals surface area (Å²) in [6.45, 7) is 1.88. The Bertz CT molecular complexity index is 575. The maximum Gasteiger partial charge on any atom is 0.154 e. The van der Waals surface area contributed by atoms with Crippen LogP contribution in [0.2, 0.25) is 0 Å². The van der Waals surface area contributed by atoms with Gasteiger partial charge in [-0.3, -0.25) is 4.68 Å². The predicted molar refractivity (Wildman–Crippen MR) is 72.3 cm³/mol. The third-order valence-corrected chi connectivity index (χ3v) is 3.53. The topological polar surface area (TPSA) is 86.0 Å². The largest absolute Gasteiger partial charge is 0.382 e. The van der Waals surface area contributed by atoms with E-state index in [1.54, 1.807) is 10.9 Å². The van der Waals surface area contributed by atoms with Crippen LogP contribution in [0.25, 0.3) is 10.9 Å². The molecule has 0 aliphatic carbocycles. The average Bonchev–Trinajstić information content (AvgIpc) is 2.65. The monoisotopic (exact) mass is 246 g/mol. The second-order valence-corrected chi connectivity index (χ2v) is 4.92. The lowest BCUT2D eigenvalue weighted by Crippen LogP contribution is -2.43. The summed E-state index contributed by atoms with van der Waals surface area (Å²) in [7, 11) is 1.89. The van der Waals surface area contributed by atoms with Gasteiger partial charge in [-0.05, 0) is 12.8 Å². The van der Waals surface area contributed by atoms with Crippen molar-refractivity contribution in [3.05, 3.63) is 12.3 Å². The van der Waals surface area contributed by atoms with Crippen LogP contribution in [0, 0.1) is 0 Å². The van der Waals surface area contributed by atoms with Gasteiger partial charge in [0, 0.05) is 38.4 Å². The molecule has 1 atom stereocenters. The summed E-state index contributed by atoms with van der Waals surface area (Å²) in [5.41, 5.74) is 12.8. The zero-order valence-corrected chi connectivity index (χ0v) is 10.5. The number of aromatic nitrogens is 3. The van der Waals surface area contributed by atoms with Crippen LogP contribution in [0.1, 0.15) is 12.8 Å². The third kappa shape index (κ3) is 1.78. The van der Waals surface area contributed by atoms with Gasteiger partial charge in [-0.1, -0.05) is 0 Å². The van der Waals surface area contributed by atoms with Crippen LogP contribution in [0.4, 0.5) is 11.6 Å². The highest BCUT2D eigenvalue weighted by atomic mass is 15.3. The summed E-state index contributed by atoms with van der Waals surface area (Å²) in [4.78, 5) is 6.71. The van der Waals surface area contributed by atoms with Crippen molar-refractivity contribution in [2.24, 2.45) is 12.8 Å². The Kier molecular flexibility index (Phi) is 2.59. The van der Waals surface area contributed by atoms with Gasteiger partial charge in [0.2, 0.25) is 0 Å². The number of nitrogens with zero attached hydrogens (tertiary/aromatic N) is 4. The van der Waals surface area contributed by atoms with Gasteiger partial charge in [-0.15, -0.1) is 0 Å². The molecule has 0 unspecified atom stereocenters. The number of piperidine rings is 1. The van der Waals surface area contributed by atoms with Gasteiger partial charge in [0.05, 0.1) is 10.9 Å². The van der Waals surface area contributed by atoms with E-state index in [0.717, 1.165) is 42.7 Å². The second kappa shape index (κ2) is 4.13. The van der Waals surface area contributed by atoms with E-state index in [0.29, 0.717) is 5.82 Å². The van der Waals surface area contributed by atoms with Crippen LogP contribution in [0.5, 0.6) is 0 Å². The van der Waals surface area contributed by atoms with Crippen molar-refractivity contribution in [2.75, 3.05) is 23.7 Å². The van der Waals surface area contributed by atoms with E-state index in [4.69, 9.17) is 11.5 Å². The quantitative estimate of drug-likeness (QED) is 0.764. The number of pyridine rings is 1. The van der Waals surface area contributed by atoms with E-state index < -0.39 is 0 Å². The number of hydrogen-bond donors (Lipinski definition) is 2. The number of nitrogen functional groups attached to an aromatic ring is 1. The zero-order chi connectivity index (χ0) is 12.7. The maximum atomic E-state index is 6.00. The maximum absolute atomic E-state index is 6.00. The van der Waals surface area contributed by atoms with E-state index in [1.165, 1.54) is 0 Å². The van der Waals surface area contributed by atoms with Crippen molar-refractivity contribution in [2.45, 2.75) is 18.9 Å². The summed E-state index contributed by atoms with van der Waals surface area (Å²) in [5.74, 6) is 1.49. The van der Waals surface area contributed by atoms with Crippen LogP contribution in [-0.2, 0) is 7.05 Å². The Hall–Kier alpha value is -1.82. The second-order valence-electron chi connectivity index (χ2n) is 4.92. The minimum atomic E-state index is 0.243. The van der Waals surface area contributed by atoms with Crippen LogP contribution < -0.4 is 16.4 Å². The molecule has 1 fully saturated rings. The van der Waals surface area contributed by atoms with Gasteiger partial charge >= 0.3 is 0 Å². The Morgan fingerprint density at radius 3 is 3.06 bits per heavy atom. The minimum Gasteiger partial charge on any atom is -0.382 e. The molecule has 3 heterocycles. The molecular formula is C12H18N6. The molecule has 2 aromatic rings. The fourth-order valence-corrected chi connectivity index (χ4v) is 2.56. The zero-order valence-electron chi connectivity index (χ0n) is 10.5. The molecule has 6 heteroatoms. The lowest BCUT2D eigenvalue weighted by atomic mass is 10.1. The van der Waals surface area contributed by atoms with Crippen molar-refractivity contribution in [1.29, 1.82) is 0 Å². The van der Waals surface area contributed by atoms with E-state index in [2.05, 4.69) is 15.0 Å². The molecule has 2 aromatic heterocycles. The number of nitrogens with two attached hydrogens (primary N) is 2. The Morgan fingerprint density at radius 2 is 2.28 bits per heavy atom. The fraction of sp³-hybridized carbons (Fsp3) is 0.500. The number of hydrogen-bond acceptors (Lipinski definition) is 5. The van der Waals surface area contributed by atoms with E-state index in [-0.39, 0.29) is 6.04 Å². The fourth-order valence-electron chi connectivity index (χ4n) is 2.56. The van der Waals surface area contributed by atoms with Crippen molar-refractivity contribution in [1.82, 2.24) is 14.8 Å². The third-order valence-electron chi connectivity index (χ3n) is 3.53. The van der Waals surface area contributed by atoms with Gasteiger partial charge in [-0.2, -0.15) is 5.10 Å². The standard InChI is InChI=1S/C12H18N6/c1-17-10-5-11(15-6-9(10)12(14)16-17)18-4-2-3-8(13)7-18/h5-6,8H,2-4,7,13H2,1H3,(H2,14,16)/t8-/m1/s1. The SMILES string of the molecule is Cn1nc(N)c2cnc(N3CCC[C@@H](N)C3)cc21. The first-order valence-electron chi connectivity index (χ1n) is 6.24. The van der Waals surface area contributed by atoms with E-state index in [1.807, 2.05) is 13.1 Å². The predicted octanol–water partition coefficient (Wildman–Crippen LogP) is 0.478. The lowest BCUT2D eigenvalue weighted by molar-refractivity contribution is 0.503.